The van der Waals surface area contributed by atoms with Crippen molar-refractivity contribution in [1.82, 2.24) is 9.29 Å². The van der Waals surface area contributed by atoms with Crippen LogP contribution in [-0.4, -0.2) is 23.6 Å². The standard InChI is InChI=1S/C12H22N2O3S/c1-5-6-12(2,3)13-18(16,17)11-7-10(9-15)14(4)8-11/h7-8,13,15H,5-6,9H2,1-4H3. The van der Waals surface area contributed by atoms with E-state index in [0.29, 0.717) is 5.69 Å². The Hall–Kier alpha value is -0.850. The lowest BCUT2D eigenvalue weighted by Gasteiger charge is -2.25. The Bertz CT molecular complexity index is 503. The molecule has 0 aromatic carbocycles. The van der Waals surface area contributed by atoms with Gasteiger partial charge in [0.05, 0.1) is 11.5 Å². The van der Waals surface area contributed by atoms with Crippen molar-refractivity contribution in [2.45, 2.75) is 50.7 Å². The second-order valence-corrected chi connectivity index (χ2v) is 6.86. The molecule has 0 atom stereocenters. The van der Waals surface area contributed by atoms with Gasteiger partial charge in [-0.3, -0.25) is 0 Å². The molecule has 1 aromatic rings. The molecule has 1 rings (SSSR count). The second-order valence-electron chi connectivity index (χ2n) is 5.18. The van der Waals surface area contributed by atoms with Crippen LogP contribution in [0.5, 0.6) is 0 Å². The maximum atomic E-state index is 12.2. The first kappa shape index (κ1) is 15.2. The summed E-state index contributed by atoms with van der Waals surface area (Å²) < 4.78 is 28.7. The highest BCUT2D eigenvalue weighted by molar-refractivity contribution is 7.89. The number of hydrogen-bond acceptors (Lipinski definition) is 3. The van der Waals surface area contributed by atoms with Crippen LogP contribution in [0.2, 0.25) is 0 Å². The first-order valence-electron chi connectivity index (χ1n) is 6.02. The van der Waals surface area contributed by atoms with Gasteiger partial charge in [0.2, 0.25) is 10.0 Å². The molecule has 0 radical (unpaired) electrons. The minimum atomic E-state index is -3.53. The lowest BCUT2D eigenvalue weighted by molar-refractivity contribution is 0.272. The Labute approximate surface area is 109 Å². The van der Waals surface area contributed by atoms with Gasteiger partial charge in [-0.1, -0.05) is 13.3 Å². The van der Waals surface area contributed by atoms with Crippen molar-refractivity contribution in [3.05, 3.63) is 18.0 Å². The molecule has 0 fully saturated rings. The van der Waals surface area contributed by atoms with Gasteiger partial charge in [0.25, 0.3) is 0 Å². The van der Waals surface area contributed by atoms with E-state index in [-0.39, 0.29) is 11.5 Å². The number of aromatic nitrogens is 1. The minimum absolute atomic E-state index is 0.176. The van der Waals surface area contributed by atoms with Gasteiger partial charge >= 0.3 is 0 Å². The van der Waals surface area contributed by atoms with Gasteiger partial charge in [-0.2, -0.15) is 0 Å². The molecule has 104 valence electrons. The lowest BCUT2D eigenvalue weighted by Crippen LogP contribution is -2.43. The zero-order valence-electron chi connectivity index (χ0n) is 11.4. The van der Waals surface area contributed by atoms with Gasteiger partial charge in [-0.25, -0.2) is 13.1 Å². The summed E-state index contributed by atoms with van der Waals surface area (Å²) >= 11 is 0. The van der Waals surface area contributed by atoms with Crippen LogP contribution in [0.3, 0.4) is 0 Å². The molecule has 1 aromatic heterocycles. The van der Waals surface area contributed by atoms with Crippen LogP contribution < -0.4 is 4.72 Å². The summed E-state index contributed by atoms with van der Waals surface area (Å²) in [7, 11) is -1.82. The summed E-state index contributed by atoms with van der Waals surface area (Å²) in [5.41, 5.74) is 0.103. The van der Waals surface area contributed by atoms with E-state index in [1.807, 2.05) is 20.8 Å². The lowest BCUT2D eigenvalue weighted by atomic mass is 10.0. The van der Waals surface area contributed by atoms with E-state index in [1.54, 1.807) is 11.6 Å². The third kappa shape index (κ3) is 3.57. The van der Waals surface area contributed by atoms with E-state index in [2.05, 4.69) is 4.72 Å². The number of rotatable bonds is 6. The topological polar surface area (TPSA) is 71.3 Å². The second kappa shape index (κ2) is 5.42. The third-order valence-corrected chi connectivity index (χ3v) is 4.51. The summed E-state index contributed by atoms with van der Waals surface area (Å²) in [6, 6.07) is 1.49. The van der Waals surface area contributed by atoms with E-state index in [1.165, 1.54) is 12.3 Å². The zero-order valence-corrected chi connectivity index (χ0v) is 12.2. The number of nitrogens with zero attached hydrogens (tertiary/aromatic N) is 1. The predicted molar refractivity (Wildman–Crippen MR) is 70.6 cm³/mol. The maximum Gasteiger partial charge on any atom is 0.242 e. The van der Waals surface area contributed by atoms with Crippen molar-refractivity contribution in [3.63, 3.8) is 0 Å². The van der Waals surface area contributed by atoms with E-state index in [4.69, 9.17) is 5.11 Å². The molecular weight excluding hydrogens is 252 g/mol. The van der Waals surface area contributed by atoms with E-state index in [0.717, 1.165) is 12.8 Å². The normalized spacial score (nSPS) is 12.9. The highest BCUT2D eigenvalue weighted by Crippen LogP contribution is 2.18. The Morgan fingerprint density at radius 3 is 2.50 bits per heavy atom. The Balaban J connectivity index is 2.99. The predicted octanol–water partition coefficient (Wildman–Crippen LogP) is 1.37. The summed E-state index contributed by atoms with van der Waals surface area (Å²) in [4.78, 5) is 0.193. The number of aliphatic hydroxyl groups excluding tert-OH is 1. The molecule has 5 nitrogen and oxygen atoms in total. The zero-order chi connectivity index (χ0) is 14.0. The first-order valence-corrected chi connectivity index (χ1v) is 7.50. The molecule has 0 aliphatic rings. The van der Waals surface area contributed by atoms with Crippen molar-refractivity contribution >= 4 is 10.0 Å². The van der Waals surface area contributed by atoms with E-state index < -0.39 is 15.6 Å². The highest BCUT2D eigenvalue weighted by Gasteiger charge is 2.26. The Kier molecular flexibility index (Phi) is 4.58. The van der Waals surface area contributed by atoms with Gasteiger partial charge in [-0.05, 0) is 26.3 Å². The van der Waals surface area contributed by atoms with Crippen LogP contribution in [-0.2, 0) is 23.7 Å². The molecular formula is C12H22N2O3S. The van der Waals surface area contributed by atoms with E-state index in [9.17, 15) is 8.42 Å². The quantitative estimate of drug-likeness (QED) is 0.823. The average molecular weight is 274 g/mol. The van der Waals surface area contributed by atoms with Crippen LogP contribution in [0.25, 0.3) is 0 Å². The van der Waals surface area contributed by atoms with E-state index >= 15 is 0 Å². The molecule has 2 N–H and O–H groups in total. The number of sulfonamides is 1. The smallest absolute Gasteiger partial charge is 0.242 e. The number of nitrogens with one attached hydrogen (secondary N) is 1. The number of hydrogen-bond donors (Lipinski definition) is 2. The van der Waals surface area contributed by atoms with Crippen molar-refractivity contribution in [1.29, 1.82) is 0 Å². The molecule has 18 heavy (non-hydrogen) atoms. The van der Waals surface area contributed by atoms with Crippen molar-refractivity contribution in [2.75, 3.05) is 0 Å². The largest absolute Gasteiger partial charge is 0.390 e. The highest BCUT2D eigenvalue weighted by atomic mass is 32.2. The fraction of sp³-hybridized carbons (Fsp3) is 0.667. The summed E-state index contributed by atoms with van der Waals surface area (Å²) in [5.74, 6) is 0. The van der Waals surface area contributed by atoms with Crippen LogP contribution in [0, 0.1) is 0 Å². The van der Waals surface area contributed by atoms with Crippen LogP contribution in [0.15, 0.2) is 17.2 Å². The molecule has 0 unspecified atom stereocenters. The molecule has 0 amide bonds. The van der Waals surface area contributed by atoms with Crippen molar-refractivity contribution in [2.24, 2.45) is 7.05 Å². The molecule has 0 bridgehead atoms. The molecule has 6 heteroatoms. The maximum absolute atomic E-state index is 12.2. The van der Waals surface area contributed by atoms with Crippen LogP contribution in [0.4, 0.5) is 0 Å². The Morgan fingerprint density at radius 1 is 1.44 bits per heavy atom. The van der Waals surface area contributed by atoms with Gasteiger partial charge in [-0.15, -0.1) is 0 Å². The third-order valence-electron chi connectivity index (χ3n) is 2.84. The summed E-state index contributed by atoms with van der Waals surface area (Å²) in [5, 5.41) is 9.08. The van der Waals surface area contributed by atoms with Gasteiger partial charge in [0.1, 0.15) is 0 Å². The van der Waals surface area contributed by atoms with Gasteiger partial charge in [0, 0.05) is 24.5 Å². The molecule has 0 aliphatic carbocycles. The minimum Gasteiger partial charge on any atom is -0.390 e. The van der Waals surface area contributed by atoms with Crippen LogP contribution >= 0.6 is 0 Å². The number of aryl methyl sites for hydroxylation is 1. The Morgan fingerprint density at radius 2 is 2.06 bits per heavy atom. The average Bonchev–Trinajstić information content (AvgIpc) is 2.58. The van der Waals surface area contributed by atoms with Crippen molar-refractivity contribution in [3.8, 4) is 0 Å². The fourth-order valence-corrected chi connectivity index (χ4v) is 3.52. The van der Waals surface area contributed by atoms with Gasteiger partial charge < -0.3 is 9.67 Å². The summed E-state index contributed by atoms with van der Waals surface area (Å²) in [6.07, 6.45) is 3.19. The molecule has 0 aliphatic heterocycles. The molecule has 1 heterocycles. The monoisotopic (exact) mass is 274 g/mol. The van der Waals surface area contributed by atoms with Crippen LogP contribution in [0.1, 0.15) is 39.3 Å². The summed E-state index contributed by atoms with van der Waals surface area (Å²) in [6.45, 7) is 5.57. The molecule has 0 saturated heterocycles. The number of aliphatic hydroxyl groups is 1. The SMILES string of the molecule is CCCC(C)(C)NS(=O)(=O)c1cc(CO)n(C)c1. The van der Waals surface area contributed by atoms with Gasteiger partial charge in [0.15, 0.2) is 0 Å². The first-order chi connectivity index (χ1) is 8.22. The van der Waals surface area contributed by atoms with Crippen molar-refractivity contribution < 1.29 is 13.5 Å². The fourth-order valence-electron chi connectivity index (χ4n) is 1.98. The molecule has 0 saturated carbocycles. The molecule has 0 spiro atoms.